The van der Waals surface area contributed by atoms with Gasteiger partial charge in [-0.1, -0.05) is 11.8 Å². The third-order valence-corrected chi connectivity index (χ3v) is 2.71. The van der Waals surface area contributed by atoms with Gasteiger partial charge in [-0.25, -0.2) is 4.98 Å². The lowest BCUT2D eigenvalue weighted by molar-refractivity contribution is 0.0779. The second-order valence-corrected chi connectivity index (χ2v) is 4.04. The van der Waals surface area contributed by atoms with Crippen molar-refractivity contribution in [2.45, 2.75) is 18.9 Å². The average molecular weight is 230 g/mol. The Morgan fingerprint density at radius 3 is 2.88 bits per heavy atom. The van der Waals surface area contributed by atoms with Crippen LogP contribution in [0.1, 0.15) is 28.9 Å². The van der Waals surface area contributed by atoms with E-state index < -0.39 is 0 Å². The van der Waals surface area contributed by atoms with E-state index in [4.69, 9.17) is 5.11 Å². The second kappa shape index (κ2) is 4.98. The Morgan fingerprint density at radius 2 is 2.35 bits per heavy atom. The number of pyridine rings is 1. The zero-order valence-corrected chi connectivity index (χ0v) is 9.68. The summed E-state index contributed by atoms with van der Waals surface area (Å²) < 4.78 is 0. The molecule has 1 aromatic heterocycles. The van der Waals surface area contributed by atoms with Crippen molar-refractivity contribution in [2.75, 3.05) is 13.7 Å². The minimum absolute atomic E-state index is 0.0471. The molecule has 4 nitrogen and oxygen atoms in total. The Balaban J connectivity index is 2.09. The molecule has 1 fully saturated rings. The van der Waals surface area contributed by atoms with E-state index in [9.17, 15) is 4.79 Å². The third kappa shape index (κ3) is 2.83. The predicted molar refractivity (Wildman–Crippen MR) is 63.3 cm³/mol. The number of aliphatic hydroxyl groups is 1. The van der Waals surface area contributed by atoms with E-state index in [2.05, 4.69) is 16.8 Å². The summed E-state index contributed by atoms with van der Waals surface area (Å²) in [6, 6.07) is 3.80. The molecule has 0 radical (unpaired) electrons. The Morgan fingerprint density at radius 1 is 1.59 bits per heavy atom. The molecular weight excluding hydrogens is 216 g/mol. The highest BCUT2D eigenvalue weighted by atomic mass is 16.2. The standard InChI is InChI=1S/C13H14N2O2/c1-15(11-5-6-11)13(17)12-7-4-10(9-14-12)3-2-8-16/h4,7,9,11,16H,5-6,8H2,1H3. The highest BCUT2D eigenvalue weighted by Crippen LogP contribution is 2.26. The van der Waals surface area contributed by atoms with Gasteiger partial charge in [0.25, 0.3) is 5.91 Å². The molecule has 0 spiro atoms. The topological polar surface area (TPSA) is 53.4 Å². The smallest absolute Gasteiger partial charge is 0.272 e. The number of hydrogen-bond donors (Lipinski definition) is 1. The van der Waals surface area contributed by atoms with Gasteiger partial charge in [-0.2, -0.15) is 0 Å². The maximum absolute atomic E-state index is 11.9. The predicted octanol–water partition coefficient (Wildman–Crippen LogP) is 0.660. The van der Waals surface area contributed by atoms with Crippen LogP contribution in [-0.2, 0) is 0 Å². The molecule has 0 aromatic carbocycles. The van der Waals surface area contributed by atoms with E-state index in [1.54, 1.807) is 30.3 Å². The number of nitrogens with zero attached hydrogens (tertiary/aromatic N) is 2. The summed E-state index contributed by atoms with van der Waals surface area (Å²) in [7, 11) is 1.81. The fourth-order valence-corrected chi connectivity index (χ4v) is 1.54. The average Bonchev–Trinajstić information content (AvgIpc) is 3.19. The first-order chi connectivity index (χ1) is 8.22. The van der Waals surface area contributed by atoms with Gasteiger partial charge in [0.1, 0.15) is 12.3 Å². The van der Waals surface area contributed by atoms with E-state index in [0.717, 1.165) is 12.8 Å². The van der Waals surface area contributed by atoms with Crippen LogP contribution in [0.15, 0.2) is 18.3 Å². The first kappa shape index (κ1) is 11.6. The van der Waals surface area contributed by atoms with Gasteiger partial charge < -0.3 is 10.0 Å². The number of carbonyl (C=O) groups is 1. The summed E-state index contributed by atoms with van der Waals surface area (Å²) in [5, 5.41) is 8.56. The second-order valence-electron chi connectivity index (χ2n) is 4.04. The lowest BCUT2D eigenvalue weighted by Gasteiger charge is -2.15. The highest BCUT2D eigenvalue weighted by molar-refractivity contribution is 5.92. The number of carbonyl (C=O) groups excluding carboxylic acids is 1. The fraction of sp³-hybridized carbons (Fsp3) is 0.385. The molecule has 0 atom stereocenters. The van der Waals surface area contributed by atoms with Crippen LogP contribution in [0.25, 0.3) is 0 Å². The van der Waals surface area contributed by atoms with Gasteiger partial charge in [0.15, 0.2) is 0 Å². The van der Waals surface area contributed by atoms with E-state index in [-0.39, 0.29) is 12.5 Å². The molecule has 1 N–H and O–H groups in total. The molecule has 0 bridgehead atoms. The monoisotopic (exact) mass is 230 g/mol. The van der Waals surface area contributed by atoms with Gasteiger partial charge in [-0.05, 0) is 25.0 Å². The summed E-state index contributed by atoms with van der Waals surface area (Å²) in [5.41, 5.74) is 1.14. The quantitative estimate of drug-likeness (QED) is 0.759. The molecule has 1 amide bonds. The van der Waals surface area contributed by atoms with Gasteiger partial charge in [0, 0.05) is 24.8 Å². The molecule has 88 valence electrons. The van der Waals surface area contributed by atoms with E-state index in [1.165, 1.54) is 0 Å². The first-order valence-electron chi connectivity index (χ1n) is 5.55. The van der Waals surface area contributed by atoms with Crippen molar-refractivity contribution >= 4 is 5.91 Å². The third-order valence-electron chi connectivity index (χ3n) is 2.71. The minimum atomic E-state index is -0.175. The molecule has 1 aromatic rings. The van der Waals surface area contributed by atoms with E-state index in [0.29, 0.717) is 17.3 Å². The van der Waals surface area contributed by atoms with Crippen LogP contribution in [0.2, 0.25) is 0 Å². The normalized spacial score (nSPS) is 13.8. The summed E-state index contributed by atoms with van der Waals surface area (Å²) >= 11 is 0. The maximum Gasteiger partial charge on any atom is 0.272 e. The zero-order valence-electron chi connectivity index (χ0n) is 9.68. The molecular formula is C13H14N2O2. The molecule has 2 rings (SSSR count). The number of rotatable bonds is 2. The molecule has 17 heavy (non-hydrogen) atoms. The Labute approximate surface area is 100 Å². The molecule has 1 aliphatic carbocycles. The van der Waals surface area contributed by atoms with Crippen molar-refractivity contribution in [3.63, 3.8) is 0 Å². The minimum Gasteiger partial charge on any atom is -0.384 e. The zero-order chi connectivity index (χ0) is 12.3. The lowest BCUT2D eigenvalue weighted by atomic mass is 10.2. The van der Waals surface area contributed by atoms with Crippen molar-refractivity contribution in [3.05, 3.63) is 29.6 Å². The van der Waals surface area contributed by atoms with Crippen LogP contribution in [-0.4, -0.2) is 40.6 Å². The molecule has 1 saturated carbocycles. The number of hydrogen-bond acceptors (Lipinski definition) is 3. The van der Waals surface area contributed by atoms with Crippen molar-refractivity contribution in [2.24, 2.45) is 0 Å². The first-order valence-corrected chi connectivity index (χ1v) is 5.55. The van der Waals surface area contributed by atoms with Crippen LogP contribution in [0.5, 0.6) is 0 Å². The van der Waals surface area contributed by atoms with Gasteiger partial charge >= 0.3 is 0 Å². The molecule has 1 heterocycles. The Hall–Kier alpha value is -1.86. The van der Waals surface area contributed by atoms with Crippen molar-refractivity contribution in [3.8, 4) is 11.8 Å². The lowest BCUT2D eigenvalue weighted by Crippen LogP contribution is -2.29. The molecule has 1 aliphatic rings. The van der Waals surface area contributed by atoms with Crippen LogP contribution >= 0.6 is 0 Å². The number of aliphatic hydroxyl groups excluding tert-OH is 1. The van der Waals surface area contributed by atoms with Crippen LogP contribution < -0.4 is 0 Å². The van der Waals surface area contributed by atoms with Gasteiger partial charge in [0.05, 0.1) is 0 Å². The van der Waals surface area contributed by atoms with Crippen molar-refractivity contribution in [1.29, 1.82) is 0 Å². The van der Waals surface area contributed by atoms with Crippen molar-refractivity contribution in [1.82, 2.24) is 9.88 Å². The summed E-state index contributed by atoms with van der Waals surface area (Å²) in [6.45, 7) is -0.175. The molecule has 0 unspecified atom stereocenters. The van der Waals surface area contributed by atoms with E-state index in [1.807, 2.05) is 0 Å². The fourth-order valence-electron chi connectivity index (χ4n) is 1.54. The van der Waals surface area contributed by atoms with Crippen LogP contribution in [0.4, 0.5) is 0 Å². The van der Waals surface area contributed by atoms with Crippen molar-refractivity contribution < 1.29 is 9.90 Å². The molecule has 4 heteroatoms. The number of aromatic nitrogens is 1. The highest BCUT2D eigenvalue weighted by Gasteiger charge is 2.30. The van der Waals surface area contributed by atoms with Crippen LogP contribution in [0.3, 0.4) is 0 Å². The summed E-state index contributed by atoms with van der Waals surface area (Å²) in [6.07, 6.45) is 3.72. The Bertz CT molecular complexity index is 466. The maximum atomic E-state index is 11.9. The molecule has 0 aliphatic heterocycles. The van der Waals surface area contributed by atoms with Crippen LogP contribution in [0, 0.1) is 11.8 Å². The van der Waals surface area contributed by atoms with Gasteiger partial charge in [-0.3, -0.25) is 4.79 Å². The number of amides is 1. The SMILES string of the molecule is CN(C(=O)c1ccc(C#CCO)cn1)C1CC1. The van der Waals surface area contributed by atoms with E-state index >= 15 is 0 Å². The summed E-state index contributed by atoms with van der Waals surface area (Å²) in [5.74, 6) is 5.22. The van der Waals surface area contributed by atoms with Gasteiger partial charge in [0.2, 0.25) is 0 Å². The largest absolute Gasteiger partial charge is 0.384 e. The summed E-state index contributed by atoms with van der Waals surface area (Å²) in [4.78, 5) is 17.8. The Kier molecular flexibility index (Phi) is 3.40. The molecule has 0 saturated heterocycles. The van der Waals surface area contributed by atoms with Gasteiger partial charge in [-0.15, -0.1) is 0 Å².